The van der Waals surface area contributed by atoms with Crippen molar-refractivity contribution in [3.05, 3.63) is 65.7 Å². The molecule has 2 N–H and O–H groups in total. The van der Waals surface area contributed by atoms with E-state index in [0.29, 0.717) is 18.9 Å². The molecule has 0 radical (unpaired) electrons. The zero-order chi connectivity index (χ0) is 20.5. The molecule has 2 unspecified atom stereocenters. The van der Waals surface area contributed by atoms with Crippen LogP contribution in [0.4, 0.5) is 0 Å². The average molecular weight is 403 g/mol. The number of rotatable bonds is 5. The number of aromatic hydroxyl groups is 1. The van der Waals surface area contributed by atoms with Crippen LogP contribution in [0.25, 0.3) is 0 Å². The van der Waals surface area contributed by atoms with E-state index in [1.54, 1.807) is 12.1 Å². The van der Waals surface area contributed by atoms with Gasteiger partial charge in [0.25, 0.3) is 5.91 Å². The molecule has 2 aromatic carbocycles. The lowest BCUT2D eigenvalue weighted by atomic mass is 9.95. The third kappa shape index (κ3) is 3.76. The molecule has 2 aliphatic heterocycles. The maximum absolute atomic E-state index is 13.3. The number of amides is 1. The van der Waals surface area contributed by atoms with Crippen molar-refractivity contribution in [1.82, 2.24) is 4.90 Å². The number of nitrogens with zero attached hydrogens (tertiary/aromatic N) is 2. The molecule has 154 valence electrons. The van der Waals surface area contributed by atoms with Crippen molar-refractivity contribution in [2.45, 2.75) is 50.6 Å². The van der Waals surface area contributed by atoms with Gasteiger partial charge in [0.15, 0.2) is 5.84 Å². The monoisotopic (exact) mass is 402 g/mol. The van der Waals surface area contributed by atoms with Crippen LogP contribution in [-0.2, 0) is 11.2 Å². The molecule has 2 aromatic rings. The molecule has 0 bridgehead atoms. The topological polar surface area (TPSA) is 66.9 Å². The van der Waals surface area contributed by atoms with E-state index in [4.69, 9.17) is 4.99 Å². The number of aliphatic imine (C=N–C) groups is 1. The lowest BCUT2D eigenvalue weighted by Crippen LogP contribution is -2.87. The van der Waals surface area contributed by atoms with E-state index in [1.165, 1.54) is 25.7 Å². The standard InChI is InChI=1S/C25H27N3O2/c29-20-12-10-19(11-13-20)23-16-28-24(21(26-23)14-17-8-4-5-9-17)27-22(25(28)30)15-18-6-2-1-3-7-18/h1-3,6-7,10-13,17,21-22,29H,4-5,8-9,14-16H2/p+1. The number of hydrogen-bond acceptors (Lipinski definition) is 3. The summed E-state index contributed by atoms with van der Waals surface area (Å²) in [7, 11) is 0. The Bertz CT molecular complexity index is 975. The Morgan fingerprint density at radius 3 is 2.50 bits per heavy atom. The second kappa shape index (κ2) is 8.05. The maximum atomic E-state index is 13.3. The number of carbonyl (C=O) groups excluding carboxylic acids is 1. The van der Waals surface area contributed by atoms with Crippen LogP contribution in [-0.4, -0.2) is 46.1 Å². The Kier molecular flexibility index (Phi) is 5.11. The third-order valence-corrected chi connectivity index (χ3v) is 6.62. The molecule has 5 rings (SSSR count). The fourth-order valence-electron chi connectivity index (χ4n) is 5.04. The summed E-state index contributed by atoms with van der Waals surface area (Å²) in [6.45, 7) is 0.509. The number of fused-ring (bicyclic) bond motifs is 1. The molecular weight excluding hydrogens is 374 g/mol. The molecular formula is C25H28N3O2+. The maximum Gasteiger partial charge on any atom is 0.253 e. The van der Waals surface area contributed by atoms with Crippen LogP contribution in [0.3, 0.4) is 0 Å². The minimum atomic E-state index is -0.338. The Hall–Kier alpha value is -2.95. The van der Waals surface area contributed by atoms with Crippen molar-refractivity contribution >= 4 is 17.5 Å². The van der Waals surface area contributed by atoms with E-state index in [0.717, 1.165) is 29.1 Å². The molecule has 2 atom stereocenters. The summed E-state index contributed by atoms with van der Waals surface area (Å²) in [4.78, 5) is 23.8. The fourth-order valence-corrected chi connectivity index (χ4v) is 5.04. The first-order chi connectivity index (χ1) is 14.7. The van der Waals surface area contributed by atoms with Gasteiger partial charge in [0.2, 0.25) is 11.8 Å². The van der Waals surface area contributed by atoms with Crippen LogP contribution in [0.5, 0.6) is 5.75 Å². The number of phenols is 1. The van der Waals surface area contributed by atoms with Gasteiger partial charge in [-0.15, -0.1) is 0 Å². The first kappa shape index (κ1) is 19.0. The first-order valence-corrected chi connectivity index (χ1v) is 11.0. The second-order valence-corrected chi connectivity index (χ2v) is 8.73. The number of phenolic OH excluding ortho intramolecular Hbond substituents is 1. The van der Waals surface area contributed by atoms with E-state index < -0.39 is 0 Å². The molecule has 0 saturated heterocycles. The van der Waals surface area contributed by atoms with Crippen LogP contribution in [0.1, 0.15) is 43.2 Å². The minimum absolute atomic E-state index is 0.0652. The van der Waals surface area contributed by atoms with Gasteiger partial charge in [-0.25, -0.2) is 4.99 Å². The molecule has 5 heteroatoms. The summed E-state index contributed by atoms with van der Waals surface area (Å²) in [5, 5.41) is 9.65. The summed E-state index contributed by atoms with van der Waals surface area (Å²) in [5.74, 6) is 1.95. The summed E-state index contributed by atoms with van der Waals surface area (Å²) in [5.41, 5.74) is 3.19. The summed E-state index contributed by atoms with van der Waals surface area (Å²) < 4.78 is 0. The fraction of sp³-hybridized carbons (Fsp3) is 0.400. The highest BCUT2D eigenvalue weighted by Crippen LogP contribution is 2.30. The smallest absolute Gasteiger partial charge is 0.253 e. The van der Waals surface area contributed by atoms with Crippen molar-refractivity contribution in [3.8, 4) is 5.75 Å². The van der Waals surface area contributed by atoms with Crippen LogP contribution in [0.15, 0.2) is 59.6 Å². The van der Waals surface area contributed by atoms with Crippen molar-refractivity contribution in [1.29, 1.82) is 0 Å². The van der Waals surface area contributed by atoms with E-state index in [9.17, 15) is 9.90 Å². The molecule has 2 heterocycles. The van der Waals surface area contributed by atoms with Crippen LogP contribution < -0.4 is 4.99 Å². The second-order valence-electron chi connectivity index (χ2n) is 8.73. The third-order valence-electron chi connectivity index (χ3n) is 6.62. The Morgan fingerprint density at radius 1 is 1.03 bits per heavy atom. The van der Waals surface area contributed by atoms with Gasteiger partial charge in [-0.05, 0) is 35.7 Å². The number of carbonyl (C=O) groups is 1. The largest absolute Gasteiger partial charge is 0.508 e. The highest BCUT2D eigenvalue weighted by molar-refractivity contribution is 6.13. The molecule has 1 saturated carbocycles. The van der Waals surface area contributed by atoms with Crippen molar-refractivity contribution < 1.29 is 14.9 Å². The van der Waals surface area contributed by atoms with Gasteiger partial charge in [-0.1, -0.05) is 56.0 Å². The van der Waals surface area contributed by atoms with Gasteiger partial charge in [0.05, 0.1) is 0 Å². The lowest BCUT2D eigenvalue weighted by Gasteiger charge is -2.26. The normalized spacial score (nSPS) is 24.0. The van der Waals surface area contributed by atoms with E-state index in [2.05, 4.69) is 17.1 Å². The first-order valence-electron chi connectivity index (χ1n) is 11.0. The quantitative estimate of drug-likeness (QED) is 0.804. The molecule has 3 aliphatic rings. The Morgan fingerprint density at radius 2 is 1.77 bits per heavy atom. The Balaban J connectivity index is 1.44. The zero-order valence-electron chi connectivity index (χ0n) is 17.1. The summed E-state index contributed by atoms with van der Waals surface area (Å²) in [6, 6.07) is 17.1. The molecule has 1 amide bonds. The van der Waals surface area contributed by atoms with Crippen molar-refractivity contribution in [3.63, 3.8) is 0 Å². The number of benzene rings is 2. The van der Waals surface area contributed by atoms with Gasteiger partial charge in [-0.3, -0.25) is 14.7 Å². The van der Waals surface area contributed by atoms with Crippen molar-refractivity contribution in [2.75, 3.05) is 6.54 Å². The van der Waals surface area contributed by atoms with Gasteiger partial charge in [0, 0.05) is 18.4 Å². The van der Waals surface area contributed by atoms with E-state index in [1.807, 2.05) is 35.2 Å². The predicted octanol–water partition coefficient (Wildman–Crippen LogP) is 2.08. The van der Waals surface area contributed by atoms with Gasteiger partial charge < -0.3 is 5.11 Å². The van der Waals surface area contributed by atoms with Gasteiger partial charge in [0.1, 0.15) is 18.3 Å². The van der Waals surface area contributed by atoms with Gasteiger partial charge in [-0.2, -0.15) is 0 Å². The molecule has 0 aromatic heterocycles. The van der Waals surface area contributed by atoms with Crippen LogP contribution in [0, 0.1) is 5.92 Å². The average Bonchev–Trinajstić information content (AvgIpc) is 3.38. The molecule has 1 aliphatic carbocycles. The van der Waals surface area contributed by atoms with Crippen LogP contribution in [0.2, 0.25) is 0 Å². The molecule has 1 fully saturated rings. The lowest BCUT2D eigenvalue weighted by molar-refractivity contribution is -0.489. The minimum Gasteiger partial charge on any atom is -0.508 e. The number of amidine groups is 1. The van der Waals surface area contributed by atoms with Gasteiger partial charge >= 0.3 is 0 Å². The highest BCUT2D eigenvalue weighted by atomic mass is 16.3. The van der Waals surface area contributed by atoms with E-state index in [-0.39, 0.29) is 23.7 Å². The zero-order valence-corrected chi connectivity index (χ0v) is 17.1. The SMILES string of the molecule is O=C1C(Cc2ccccc2)N=C2C(CC3CCCC3)[NH+]=C(c3ccc(O)cc3)CN12. The van der Waals surface area contributed by atoms with Crippen LogP contribution >= 0.6 is 0 Å². The van der Waals surface area contributed by atoms with Crippen molar-refractivity contribution in [2.24, 2.45) is 10.9 Å². The molecule has 0 spiro atoms. The Labute approximate surface area is 177 Å². The summed E-state index contributed by atoms with van der Waals surface area (Å²) >= 11 is 0. The number of nitrogens with one attached hydrogen (secondary N) is 1. The summed E-state index contributed by atoms with van der Waals surface area (Å²) in [6.07, 6.45) is 6.80. The highest BCUT2D eigenvalue weighted by Gasteiger charge is 2.45. The number of hydrogen-bond donors (Lipinski definition) is 2. The van der Waals surface area contributed by atoms with E-state index >= 15 is 0 Å². The predicted molar refractivity (Wildman–Crippen MR) is 117 cm³/mol. The molecule has 30 heavy (non-hydrogen) atoms. The molecule has 5 nitrogen and oxygen atoms in total.